The minimum Gasteiger partial charge on any atom is -0.494 e. The normalized spacial score (nSPS) is 10.9. The number of carboxylic acid groups (broad SMARTS) is 1. The lowest BCUT2D eigenvalue weighted by molar-refractivity contribution is 0.0697. The number of benzene rings is 1. The molecule has 0 amide bonds. The van der Waals surface area contributed by atoms with E-state index in [4.69, 9.17) is 4.74 Å². The van der Waals surface area contributed by atoms with Gasteiger partial charge in [0, 0.05) is 18.3 Å². The van der Waals surface area contributed by atoms with Gasteiger partial charge in [-0.25, -0.2) is 4.79 Å². The van der Waals surface area contributed by atoms with Gasteiger partial charge in [0.25, 0.3) is 0 Å². The standard InChI is InChI=1S/C16H20N2O3/c1-4-21-13-7-5-12(6-8-13)15-14(16(19)20)10-18(17-15)9-11(2)3/h5-8,10-11H,4,9H2,1-3H3,(H,19,20). The number of carboxylic acids is 1. The molecule has 1 aromatic carbocycles. The van der Waals surface area contributed by atoms with Crippen LogP contribution in [0.3, 0.4) is 0 Å². The predicted octanol–water partition coefficient (Wildman–Crippen LogP) is 3.30. The van der Waals surface area contributed by atoms with Gasteiger partial charge < -0.3 is 9.84 Å². The Labute approximate surface area is 124 Å². The van der Waals surface area contributed by atoms with Gasteiger partial charge in [-0.15, -0.1) is 0 Å². The van der Waals surface area contributed by atoms with Crippen molar-refractivity contribution in [2.75, 3.05) is 6.61 Å². The Kier molecular flexibility index (Phi) is 4.62. The SMILES string of the molecule is CCOc1ccc(-c2nn(CC(C)C)cc2C(=O)O)cc1. The number of hydrogen-bond donors (Lipinski definition) is 1. The van der Waals surface area contributed by atoms with Crippen LogP contribution in [0.4, 0.5) is 0 Å². The van der Waals surface area contributed by atoms with Gasteiger partial charge in [0.15, 0.2) is 0 Å². The summed E-state index contributed by atoms with van der Waals surface area (Å²) in [5, 5.41) is 13.7. The minimum atomic E-state index is -0.964. The lowest BCUT2D eigenvalue weighted by Crippen LogP contribution is -2.04. The van der Waals surface area contributed by atoms with E-state index in [1.165, 1.54) is 0 Å². The molecule has 0 fully saturated rings. The predicted molar refractivity (Wildman–Crippen MR) is 80.6 cm³/mol. The van der Waals surface area contributed by atoms with E-state index in [-0.39, 0.29) is 5.56 Å². The Balaban J connectivity index is 2.36. The summed E-state index contributed by atoms with van der Waals surface area (Å²) in [5.41, 5.74) is 1.49. The molecule has 2 rings (SSSR count). The molecule has 0 unspecified atom stereocenters. The molecule has 0 aliphatic carbocycles. The van der Waals surface area contributed by atoms with Crippen molar-refractivity contribution in [1.29, 1.82) is 0 Å². The van der Waals surface area contributed by atoms with Gasteiger partial charge in [0.05, 0.1) is 6.61 Å². The van der Waals surface area contributed by atoms with Crippen LogP contribution in [0.5, 0.6) is 5.75 Å². The average molecular weight is 288 g/mol. The van der Waals surface area contributed by atoms with Crippen molar-refractivity contribution in [3.05, 3.63) is 36.0 Å². The fraction of sp³-hybridized carbons (Fsp3) is 0.375. The first kappa shape index (κ1) is 15.1. The largest absolute Gasteiger partial charge is 0.494 e. The van der Waals surface area contributed by atoms with Crippen LogP contribution < -0.4 is 4.74 Å². The van der Waals surface area contributed by atoms with Crippen LogP contribution in [0.1, 0.15) is 31.1 Å². The van der Waals surface area contributed by atoms with Crippen LogP contribution in [-0.4, -0.2) is 27.5 Å². The minimum absolute atomic E-state index is 0.222. The summed E-state index contributed by atoms with van der Waals surface area (Å²) in [7, 11) is 0. The number of carbonyl (C=O) groups is 1. The van der Waals surface area contributed by atoms with Crippen molar-refractivity contribution in [3.63, 3.8) is 0 Å². The second-order valence-electron chi connectivity index (χ2n) is 5.27. The van der Waals surface area contributed by atoms with E-state index in [1.807, 2.05) is 31.2 Å². The molecule has 0 saturated heterocycles. The molecular weight excluding hydrogens is 268 g/mol. The van der Waals surface area contributed by atoms with Crippen LogP contribution in [0, 0.1) is 5.92 Å². The molecule has 0 radical (unpaired) electrons. The monoisotopic (exact) mass is 288 g/mol. The topological polar surface area (TPSA) is 64.4 Å². The molecule has 0 bridgehead atoms. The van der Waals surface area contributed by atoms with Gasteiger partial charge >= 0.3 is 5.97 Å². The van der Waals surface area contributed by atoms with Crippen LogP contribution in [-0.2, 0) is 6.54 Å². The second kappa shape index (κ2) is 6.43. The maximum atomic E-state index is 11.4. The lowest BCUT2D eigenvalue weighted by atomic mass is 10.1. The lowest BCUT2D eigenvalue weighted by Gasteiger charge is -2.05. The van der Waals surface area contributed by atoms with Crippen LogP contribution >= 0.6 is 0 Å². The molecule has 0 saturated carbocycles. The quantitative estimate of drug-likeness (QED) is 0.885. The van der Waals surface area contributed by atoms with Crippen LogP contribution in [0.2, 0.25) is 0 Å². The third kappa shape index (κ3) is 3.62. The highest BCUT2D eigenvalue weighted by atomic mass is 16.5. The van der Waals surface area contributed by atoms with E-state index in [2.05, 4.69) is 18.9 Å². The zero-order valence-corrected chi connectivity index (χ0v) is 12.5. The zero-order valence-electron chi connectivity index (χ0n) is 12.5. The molecule has 1 heterocycles. The van der Waals surface area contributed by atoms with E-state index in [1.54, 1.807) is 10.9 Å². The molecule has 0 aliphatic rings. The molecule has 2 aromatic rings. The van der Waals surface area contributed by atoms with Crippen molar-refractivity contribution >= 4 is 5.97 Å². The number of nitrogens with zero attached hydrogens (tertiary/aromatic N) is 2. The summed E-state index contributed by atoms with van der Waals surface area (Å²) < 4.78 is 7.08. The van der Waals surface area contributed by atoms with Gasteiger partial charge in [0.1, 0.15) is 17.0 Å². The van der Waals surface area contributed by atoms with Gasteiger partial charge in [0.2, 0.25) is 0 Å². The molecule has 0 atom stereocenters. The van der Waals surface area contributed by atoms with Gasteiger partial charge in [-0.2, -0.15) is 5.10 Å². The van der Waals surface area contributed by atoms with Crippen molar-refractivity contribution in [3.8, 4) is 17.0 Å². The van der Waals surface area contributed by atoms with Crippen molar-refractivity contribution < 1.29 is 14.6 Å². The van der Waals surface area contributed by atoms with E-state index in [9.17, 15) is 9.90 Å². The summed E-state index contributed by atoms with van der Waals surface area (Å²) in [6.07, 6.45) is 1.59. The first-order valence-electron chi connectivity index (χ1n) is 7.05. The molecule has 1 N–H and O–H groups in total. The van der Waals surface area contributed by atoms with Gasteiger partial charge in [-0.1, -0.05) is 13.8 Å². The highest BCUT2D eigenvalue weighted by Gasteiger charge is 2.17. The molecule has 112 valence electrons. The Morgan fingerprint density at radius 2 is 2.00 bits per heavy atom. The first-order chi connectivity index (χ1) is 10.0. The summed E-state index contributed by atoms with van der Waals surface area (Å²) >= 11 is 0. The molecular formula is C16H20N2O3. The van der Waals surface area contributed by atoms with Gasteiger partial charge in [-0.3, -0.25) is 4.68 Å². The first-order valence-corrected chi connectivity index (χ1v) is 7.05. The Morgan fingerprint density at radius 1 is 1.33 bits per heavy atom. The number of aromatic carboxylic acids is 1. The average Bonchev–Trinajstić information content (AvgIpc) is 2.83. The van der Waals surface area contributed by atoms with Crippen molar-refractivity contribution in [2.24, 2.45) is 5.92 Å². The molecule has 5 nitrogen and oxygen atoms in total. The molecule has 1 aromatic heterocycles. The van der Waals surface area contributed by atoms with E-state index in [0.29, 0.717) is 24.8 Å². The fourth-order valence-corrected chi connectivity index (χ4v) is 2.13. The highest BCUT2D eigenvalue weighted by molar-refractivity contribution is 5.94. The molecule has 5 heteroatoms. The number of aromatic nitrogens is 2. The van der Waals surface area contributed by atoms with Gasteiger partial charge in [-0.05, 0) is 37.1 Å². The summed E-state index contributed by atoms with van der Waals surface area (Å²) in [6.45, 7) is 7.35. The maximum Gasteiger partial charge on any atom is 0.339 e. The third-order valence-corrected chi connectivity index (χ3v) is 2.98. The van der Waals surface area contributed by atoms with Crippen LogP contribution in [0.15, 0.2) is 30.5 Å². The smallest absolute Gasteiger partial charge is 0.339 e. The molecule has 0 spiro atoms. The van der Waals surface area contributed by atoms with Crippen molar-refractivity contribution in [1.82, 2.24) is 9.78 Å². The van der Waals surface area contributed by atoms with Crippen molar-refractivity contribution in [2.45, 2.75) is 27.3 Å². The molecule has 21 heavy (non-hydrogen) atoms. The third-order valence-electron chi connectivity index (χ3n) is 2.98. The Hall–Kier alpha value is -2.30. The number of rotatable bonds is 6. The summed E-state index contributed by atoms with van der Waals surface area (Å²) in [6, 6.07) is 7.32. The summed E-state index contributed by atoms with van der Waals surface area (Å²) in [4.78, 5) is 11.4. The maximum absolute atomic E-state index is 11.4. The van der Waals surface area contributed by atoms with E-state index >= 15 is 0 Å². The number of hydrogen-bond acceptors (Lipinski definition) is 3. The Morgan fingerprint density at radius 3 is 2.52 bits per heavy atom. The highest BCUT2D eigenvalue weighted by Crippen LogP contribution is 2.25. The molecule has 0 aliphatic heterocycles. The fourth-order valence-electron chi connectivity index (χ4n) is 2.13. The Bertz CT molecular complexity index is 615. The zero-order chi connectivity index (χ0) is 15.4. The number of ether oxygens (including phenoxy) is 1. The summed E-state index contributed by atoms with van der Waals surface area (Å²) in [5.74, 6) is 0.202. The van der Waals surface area contributed by atoms with E-state index < -0.39 is 5.97 Å². The second-order valence-corrected chi connectivity index (χ2v) is 5.27. The van der Waals surface area contributed by atoms with Crippen LogP contribution in [0.25, 0.3) is 11.3 Å². The van der Waals surface area contributed by atoms with E-state index in [0.717, 1.165) is 11.3 Å².